The zero-order valence-electron chi connectivity index (χ0n) is 18.6. The van der Waals surface area contributed by atoms with Crippen molar-refractivity contribution in [3.8, 4) is 11.3 Å². The van der Waals surface area contributed by atoms with Crippen molar-refractivity contribution in [2.24, 2.45) is 0 Å². The number of hydrogen-bond donors (Lipinski definition) is 1. The maximum Gasteiger partial charge on any atom is 0.244 e. The van der Waals surface area contributed by atoms with Gasteiger partial charge in [-0.15, -0.1) is 0 Å². The summed E-state index contributed by atoms with van der Waals surface area (Å²) in [5.74, 6) is -0.0763. The first-order valence-corrected chi connectivity index (χ1v) is 12.6. The van der Waals surface area contributed by atoms with Crippen LogP contribution in [0.4, 0.5) is 0 Å². The second-order valence-corrected chi connectivity index (χ2v) is 10.3. The van der Waals surface area contributed by atoms with E-state index in [0.29, 0.717) is 26.1 Å². The van der Waals surface area contributed by atoms with Gasteiger partial charge in [-0.2, -0.15) is 5.10 Å². The van der Waals surface area contributed by atoms with Crippen molar-refractivity contribution >= 4 is 22.0 Å². The topological polar surface area (TPSA) is 84.3 Å². The number of carbonyl (C=O) groups is 1. The van der Waals surface area contributed by atoms with Crippen molar-refractivity contribution in [1.29, 1.82) is 0 Å². The number of aromatic nitrogens is 2. The smallest absolute Gasteiger partial charge is 0.244 e. The molecule has 7 nitrogen and oxygen atoms in total. The van der Waals surface area contributed by atoms with Crippen LogP contribution in [0.2, 0.25) is 0 Å². The second kappa shape index (κ2) is 10.1. The van der Waals surface area contributed by atoms with Crippen molar-refractivity contribution in [1.82, 2.24) is 19.4 Å². The summed E-state index contributed by atoms with van der Waals surface area (Å²) in [5.41, 5.74) is 4.93. The predicted octanol–water partition coefficient (Wildman–Crippen LogP) is 3.07. The van der Waals surface area contributed by atoms with Crippen molar-refractivity contribution in [2.75, 3.05) is 25.4 Å². The number of carbonyl (C=O) groups excluding carboxylic acids is 1. The molecule has 2 heterocycles. The summed E-state index contributed by atoms with van der Waals surface area (Å²) in [7, 11) is -3.15. The molecule has 0 spiro atoms. The van der Waals surface area contributed by atoms with E-state index >= 15 is 0 Å². The molecule has 0 aliphatic carbocycles. The summed E-state index contributed by atoms with van der Waals surface area (Å²) in [6, 6.07) is 18.2. The highest BCUT2D eigenvalue weighted by molar-refractivity contribution is 7.89. The standard InChI is InChI=1S/C25H28N4O3S/c1-20-8-10-22(11-9-20)25-23(19-28(27-25)18-21-6-3-2-4-7-21)12-13-24(30)26-14-16-29-15-5-17-33(29,31)32/h2-4,6-13,19H,5,14-18H2,1H3,(H,26,30)/b13-12+. The Bertz CT molecular complexity index is 1230. The van der Waals surface area contributed by atoms with Gasteiger partial charge in [0.25, 0.3) is 0 Å². The normalized spacial score (nSPS) is 15.8. The van der Waals surface area contributed by atoms with Crippen LogP contribution < -0.4 is 5.32 Å². The summed E-state index contributed by atoms with van der Waals surface area (Å²) in [6.07, 6.45) is 5.80. The van der Waals surface area contributed by atoms with E-state index in [9.17, 15) is 13.2 Å². The van der Waals surface area contributed by atoms with E-state index in [1.54, 1.807) is 6.08 Å². The number of benzene rings is 2. The van der Waals surface area contributed by atoms with E-state index in [2.05, 4.69) is 17.4 Å². The summed E-state index contributed by atoms with van der Waals surface area (Å²) in [5, 5.41) is 7.55. The first kappa shape index (κ1) is 22.9. The van der Waals surface area contributed by atoms with Crippen LogP contribution in [0.5, 0.6) is 0 Å². The van der Waals surface area contributed by atoms with Crippen molar-refractivity contribution in [3.05, 3.63) is 83.6 Å². The molecule has 4 rings (SSSR count). The minimum atomic E-state index is -3.15. The molecule has 3 aromatic rings. The maximum absolute atomic E-state index is 12.3. The molecule has 33 heavy (non-hydrogen) atoms. The molecule has 0 saturated carbocycles. The first-order valence-electron chi connectivity index (χ1n) is 11.0. The lowest BCUT2D eigenvalue weighted by Gasteiger charge is -2.13. The van der Waals surface area contributed by atoms with Crippen LogP contribution in [0.1, 0.15) is 23.1 Å². The van der Waals surface area contributed by atoms with E-state index in [-0.39, 0.29) is 18.2 Å². The lowest BCUT2D eigenvalue weighted by molar-refractivity contribution is -0.116. The lowest BCUT2D eigenvalue weighted by atomic mass is 10.1. The number of nitrogens with one attached hydrogen (secondary N) is 1. The number of aryl methyl sites for hydroxylation is 1. The first-order chi connectivity index (χ1) is 15.9. The Balaban J connectivity index is 1.47. The van der Waals surface area contributed by atoms with Gasteiger partial charge in [-0.1, -0.05) is 60.2 Å². The molecule has 0 atom stereocenters. The fraction of sp³-hybridized carbons (Fsp3) is 0.280. The predicted molar refractivity (Wildman–Crippen MR) is 130 cm³/mol. The van der Waals surface area contributed by atoms with Crippen molar-refractivity contribution in [2.45, 2.75) is 19.9 Å². The molecule has 172 valence electrons. The number of amides is 1. The molecule has 2 aromatic carbocycles. The third-order valence-electron chi connectivity index (χ3n) is 5.58. The van der Waals surface area contributed by atoms with Gasteiger partial charge in [-0.3, -0.25) is 9.48 Å². The fourth-order valence-electron chi connectivity index (χ4n) is 3.82. The second-order valence-electron chi connectivity index (χ2n) is 8.18. The van der Waals surface area contributed by atoms with Crippen LogP contribution in [0.25, 0.3) is 17.3 Å². The van der Waals surface area contributed by atoms with Gasteiger partial charge < -0.3 is 5.32 Å². The van der Waals surface area contributed by atoms with E-state index in [4.69, 9.17) is 5.10 Å². The van der Waals surface area contributed by atoms with Crippen molar-refractivity contribution in [3.63, 3.8) is 0 Å². The largest absolute Gasteiger partial charge is 0.351 e. The highest BCUT2D eigenvalue weighted by Gasteiger charge is 2.27. The lowest BCUT2D eigenvalue weighted by Crippen LogP contribution is -2.35. The molecule has 8 heteroatoms. The van der Waals surface area contributed by atoms with Gasteiger partial charge in [0.2, 0.25) is 15.9 Å². The third kappa shape index (κ3) is 5.97. The minimum absolute atomic E-state index is 0.190. The Hall–Kier alpha value is -3.23. The molecule has 0 radical (unpaired) electrons. The average Bonchev–Trinajstić information content (AvgIpc) is 3.35. The molecule has 1 N–H and O–H groups in total. The molecule has 1 saturated heterocycles. The molecular weight excluding hydrogens is 436 g/mol. The zero-order chi connectivity index (χ0) is 23.3. The SMILES string of the molecule is Cc1ccc(-c2nn(Cc3ccccc3)cc2/C=C/C(=O)NCCN2CCCS2(=O)=O)cc1. The zero-order valence-corrected chi connectivity index (χ0v) is 19.5. The highest BCUT2D eigenvalue weighted by atomic mass is 32.2. The van der Waals surface area contributed by atoms with Crippen LogP contribution in [-0.4, -0.2) is 53.8 Å². The molecule has 1 aliphatic heterocycles. The summed E-state index contributed by atoms with van der Waals surface area (Å²) in [6.45, 7) is 3.76. The maximum atomic E-state index is 12.3. The van der Waals surface area contributed by atoms with E-state index < -0.39 is 10.0 Å². The number of rotatable bonds is 8. The Morgan fingerprint density at radius 3 is 2.58 bits per heavy atom. The van der Waals surface area contributed by atoms with Gasteiger partial charge in [0, 0.05) is 43.0 Å². The molecular formula is C25H28N4O3S. The van der Waals surface area contributed by atoms with Crippen LogP contribution >= 0.6 is 0 Å². The summed E-state index contributed by atoms with van der Waals surface area (Å²) >= 11 is 0. The molecule has 1 amide bonds. The van der Waals surface area contributed by atoms with Crippen LogP contribution in [0.15, 0.2) is 66.9 Å². The van der Waals surface area contributed by atoms with Gasteiger partial charge >= 0.3 is 0 Å². The quantitative estimate of drug-likeness (QED) is 0.520. The number of nitrogens with zero attached hydrogens (tertiary/aromatic N) is 3. The van der Waals surface area contributed by atoms with Gasteiger partial charge in [0.15, 0.2) is 0 Å². The molecule has 1 aliphatic rings. The number of hydrogen-bond acceptors (Lipinski definition) is 4. The minimum Gasteiger partial charge on any atom is -0.351 e. The van der Waals surface area contributed by atoms with Crippen LogP contribution in [0.3, 0.4) is 0 Å². The van der Waals surface area contributed by atoms with Gasteiger partial charge in [0.1, 0.15) is 0 Å². The Kier molecular flexibility index (Phi) is 7.05. The van der Waals surface area contributed by atoms with Crippen molar-refractivity contribution < 1.29 is 13.2 Å². The summed E-state index contributed by atoms with van der Waals surface area (Å²) < 4.78 is 27.0. The fourth-order valence-corrected chi connectivity index (χ4v) is 5.35. The van der Waals surface area contributed by atoms with E-state index in [0.717, 1.165) is 22.4 Å². The Morgan fingerprint density at radius 1 is 1.12 bits per heavy atom. The molecule has 1 fully saturated rings. The van der Waals surface area contributed by atoms with E-state index in [1.807, 2.05) is 60.3 Å². The van der Waals surface area contributed by atoms with Gasteiger partial charge in [0.05, 0.1) is 18.0 Å². The third-order valence-corrected chi connectivity index (χ3v) is 7.54. The van der Waals surface area contributed by atoms with Gasteiger partial charge in [-0.05, 0) is 25.0 Å². The monoisotopic (exact) mass is 464 g/mol. The van der Waals surface area contributed by atoms with Crippen LogP contribution in [-0.2, 0) is 21.4 Å². The number of sulfonamides is 1. The Morgan fingerprint density at radius 2 is 1.88 bits per heavy atom. The molecule has 0 unspecified atom stereocenters. The molecule has 0 bridgehead atoms. The highest BCUT2D eigenvalue weighted by Crippen LogP contribution is 2.24. The Labute approximate surface area is 194 Å². The summed E-state index contributed by atoms with van der Waals surface area (Å²) in [4.78, 5) is 12.3. The average molecular weight is 465 g/mol. The van der Waals surface area contributed by atoms with Gasteiger partial charge in [-0.25, -0.2) is 12.7 Å². The molecule has 1 aromatic heterocycles. The van der Waals surface area contributed by atoms with Crippen LogP contribution in [0, 0.1) is 6.92 Å². The van der Waals surface area contributed by atoms with E-state index in [1.165, 1.54) is 15.9 Å².